The number of benzene rings is 3. The minimum Gasteiger partial charge on any atom is -0.440 e. The average molecular weight is 572 g/mol. The van der Waals surface area contributed by atoms with Gasteiger partial charge in [0.15, 0.2) is 27.2 Å². The third kappa shape index (κ3) is 5.35. The Morgan fingerprint density at radius 2 is 1.56 bits per heavy atom. The van der Waals surface area contributed by atoms with Gasteiger partial charge in [0.05, 0.1) is 10.6 Å². The number of rotatable bonds is 5. The highest BCUT2D eigenvalue weighted by Crippen LogP contribution is 2.39. The van der Waals surface area contributed by atoms with Crippen molar-refractivity contribution in [1.29, 1.82) is 0 Å². The van der Waals surface area contributed by atoms with Crippen LogP contribution in [0.1, 0.15) is 17.4 Å². The second-order valence-electron chi connectivity index (χ2n) is 8.99. The van der Waals surface area contributed by atoms with Crippen LogP contribution in [0.4, 0.5) is 13.2 Å². The van der Waals surface area contributed by atoms with Gasteiger partial charge in [-0.25, -0.2) is 18.4 Å². The highest BCUT2D eigenvalue weighted by Gasteiger charge is 2.35. The minimum atomic E-state index is -4.62. The monoisotopic (exact) mass is 571 g/mol. The number of aromatic nitrogens is 3. The molecule has 5 aromatic rings. The Morgan fingerprint density at radius 1 is 0.897 bits per heavy atom. The molecule has 11 heteroatoms. The van der Waals surface area contributed by atoms with Crippen LogP contribution < -0.4 is 0 Å². The fourth-order valence-electron chi connectivity index (χ4n) is 4.28. The first kappa shape index (κ1) is 26.7. The Morgan fingerprint density at radius 3 is 2.21 bits per heavy atom. The van der Waals surface area contributed by atoms with Crippen LogP contribution in [0.2, 0.25) is 5.02 Å². The number of halogens is 4. The Bertz CT molecular complexity index is 1810. The van der Waals surface area contributed by atoms with Crippen LogP contribution in [0.3, 0.4) is 0 Å². The van der Waals surface area contributed by atoms with Crippen molar-refractivity contribution in [2.75, 3.05) is 6.26 Å². The standard InChI is InChI=1S/C28H21ClF3N3O3S/c1-16-33-25(28(30,31)32)15-35(16)24-12-9-20(19-5-4-6-22(13-19)39(3,36)37)14-23(24)26-27(38-17(2)34-26)18-7-10-21(29)11-8-18/h4-15H,1-3H3. The Labute approximate surface area is 227 Å². The molecule has 5 rings (SSSR count). The number of hydrogen-bond acceptors (Lipinski definition) is 5. The molecular weight excluding hydrogens is 551 g/mol. The van der Waals surface area contributed by atoms with Crippen molar-refractivity contribution < 1.29 is 26.0 Å². The van der Waals surface area contributed by atoms with Gasteiger partial charge >= 0.3 is 6.18 Å². The van der Waals surface area contributed by atoms with E-state index >= 15 is 0 Å². The third-order valence-electron chi connectivity index (χ3n) is 6.12. The van der Waals surface area contributed by atoms with Crippen molar-refractivity contribution in [2.24, 2.45) is 0 Å². The van der Waals surface area contributed by atoms with Crippen LogP contribution in [-0.2, 0) is 16.0 Å². The molecule has 6 nitrogen and oxygen atoms in total. The summed E-state index contributed by atoms with van der Waals surface area (Å²) >= 11 is 6.07. The summed E-state index contributed by atoms with van der Waals surface area (Å²) in [5.41, 5.74) is 2.14. The van der Waals surface area contributed by atoms with Gasteiger partial charge in [-0.15, -0.1) is 0 Å². The largest absolute Gasteiger partial charge is 0.440 e. The zero-order valence-corrected chi connectivity index (χ0v) is 22.5. The van der Waals surface area contributed by atoms with E-state index in [4.69, 9.17) is 16.0 Å². The molecule has 0 amide bonds. The van der Waals surface area contributed by atoms with E-state index in [9.17, 15) is 21.6 Å². The van der Waals surface area contributed by atoms with Gasteiger partial charge in [0.2, 0.25) is 0 Å². The second kappa shape index (κ2) is 9.69. The summed E-state index contributed by atoms with van der Waals surface area (Å²) in [5.74, 6) is 0.883. The maximum Gasteiger partial charge on any atom is 0.434 e. The zero-order chi connectivity index (χ0) is 28.1. The molecule has 0 aliphatic carbocycles. The molecule has 2 heterocycles. The van der Waals surface area contributed by atoms with Crippen LogP contribution in [0.5, 0.6) is 0 Å². The van der Waals surface area contributed by atoms with E-state index in [1.165, 1.54) is 17.6 Å². The smallest absolute Gasteiger partial charge is 0.434 e. The Hall–Kier alpha value is -3.89. The molecule has 0 aliphatic heterocycles. The van der Waals surface area contributed by atoms with Gasteiger partial charge in [0.25, 0.3) is 0 Å². The van der Waals surface area contributed by atoms with Gasteiger partial charge in [-0.1, -0.05) is 29.8 Å². The molecule has 39 heavy (non-hydrogen) atoms. The first-order chi connectivity index (χ1) is 18.3. The molecule has 0 fully saturated rings. The molecule has 0 bridgehead atoms. The number of imidazole rings is 1. The maximum absolute atomic E-state index is 13.5. The number of aryl methyl sites for hydroxylation is 2. The molecule has 3 aromatic carbocycles. The van der Waals surface area contributed by atoms with E-state index in [2.05, 4.69) is 9.97 Å². The molecule has 0 atom stereocenters. The van der Waals surface area contributed by atoms with Gasteiger partial charge in [0.1, 0.15) is 11.5 Å². The maximum atomic E-state index is 13.5. The van der Waals surface area contributed by atoms with Crippen molar-refractivity contribution in [1.82, 2.24) is 14.5 Å². The van der Waals surface area contributed by atoms with Crippen molar-refractivity contribution in [3.05, 3.63) is 95.4 Å². The molecule has 0 radical (unpaired) electrons. The van der Waals surface area contributed by atoms with Gasteiger partial charge in [0, 0.05) is 35.5 Å². The summed E-state index contributed by atoms with van der Waals surface area (Å²) < 4.78 is 72.1. The summed E-state index contributed by atoms with van der Waals surface area (Å²) in [4.78, 5) is 8.46. The molecule has 0 saturated heterocycles. The number of sulfone groups is 1. The highest BCUT2D eigenvalue weighted by atomic mass is 35.5. The number of hydrogen-bond donors (Lipinski definition) is 0. The molecule has 200 valence electrons. The van der Waals surface area contributed by atoms with Crippen molar-refractivity contribution >= 4 is 21.4 Å². The van der Waals surface area contributed by atoms with E-state index in [-0.39, 0.29) is 10.7 Å². The lowest BCUT2D eigenvalue weighted by Gasteiger charge is -2.14. The quantitative estimate of drug-likeness (QED) is 0.218. The summed E-state index contributed by atoms with van der Waals surface area (Å²) in [5, 5.41) is 0.527. The summed E-state index contributed by atoms with van der Waals surface area (Å²) in [6.07, 6.45) is -2.56. The van der Waals surface area contributed by atoms with E-state index in [1.54, 1.807) is 67.6 Å². The zero-order valence-electron chi connectivity index (χ0n) is 20.9. The summed E-state index contributed by atoms with van der Waals surface area (Å²) in [7, 11) is -3.46. The molecule has 0 saturated carbocycles. The molecule has 0 N–H and O–H groups in total. The predicted octanol–water partition coefficient (Wildman–Crippen LogP) is 7.55. The lowest BCUT2D eigenvalue weighted by Crippen LogP contribution is -2.05. The van der Waals surface area contributed by atoms with Crippen LogP contribution in [-0.4, -0.2) is 29.2 Å². The first-order valence-corrected chi connectivity index (χ1v) is 13.9. The van der Waals surface area contributed by atoms with Gasteiger partial charge < -0.3 is 8.98 Å². The molecule has 2 aromatic heterocycles. The molecule has 0 unspecified atom stereocenters. The first-order valence-electron chi connectivity index (χ1n) is 11.6. The van der Waals surface area contributed by atoms with Gasteiger partial charge in [-0.05, 0) is 66.6 Å². The number of alkyl halides is 3. The van der Waals surface area contributed by atoms with Gasteiger partial charge in [-0.2, -0.15) is 13.2 Å². The van der Waals surface area contributed by atoms with Crippen LogP contribution in [0, 0.1) is 13.8 Å². The molecule has 0 spiro atoms. The second-order valence-corrected chi connectivity index (χ2v) is 11.4. The van der Waals surface area contributed by atoms with Gasteiger partial charge in [-0.3, -0.25) is 0 Å². The minimum absolute atomic E-state index is 0.128. The molecule has 0 aliphatic rings. The van der Waals surface area contributed by atoms with E-state index in [0.29, 0.717) is 50.3 Å². The summed E-state index contributed by atoms with van der Waals surface area (Å²) in [6.45, 7) is 3.16. The third-order valence-corrected chi connectivity index (χ3v) is 7.48. The highest BCUT2D eigenvalue weighted by molar-refractivity contribution is 7.90. The number of nitrogens with zero attached hydrogens (tertiary/aromatic N) is 3. The number of oxazole rings is 1. The van der Waals surface area contributed by atoms with Crippen molar-refractivity contribution in [3.63, 3.8) is 0 Å². The topological polar surface area (TPSA) is 78.0 Å². The predicted molar refractivity (Wildman–Crippen MR) is 143 cm³/mol. The Balaban J connectivity index is 1.77. The lowest BCUT2D eigenvalue weighted by atomic mass is 9.98. The average Bonchev–Trinajstić information content (AvgIpc) is 3.46. The van der Waals surface area contributed by atoms with Crippen molar-refractivity contribution in [3.8, 4) is 39.4 Å². The van der Waals surface area contributed by atoms with E-state index < -0.39 is 21.7 Å². The normalized spacial score (nSPS) is 12.2. The lowest BCUT2D eigenvalue weighted by molar-refractivity contribution is -0.141. The molecular formula is C28H21ClF3N3O3S. The fourth-order valence-corrected chi connectivity index (χ4v) is 5.07. The SMILES string of the molecule is Cc1nc(-c2cc(-c3cccc(S(C)(=O)=O)c3)ccc2-n2cc(C(F)(F)F)nc2C)c(-c2ccc(Cl)cc2)o1. The van der Waals surface area contributed by atoms with Crippen LogP contribution in [0.15, 0.2) is 82.2 Å². The van der Waals surface area contributed by atoms with Crippen LogP contribution >= 0.6 is 11.6 Å². The van der Waals surface area contributed by atoms with Crippen molar-refractivity contribution in [2.45, 2.75) is 24.9 Å². The fraction of sp³-hybridized carbons (Fsp3) is 0.143. The van der Waals surface area contributed by atoms with E-state index in [1.807, 2.05) is 0 Å². The van der Waals surface area contributed by atoms with E-state index in [0.717, 1.165) is 12.5 Å². The Kier molecular flexibility index (Phi) is 6.64. The summed E-state index contributed by atoms with van der Waals surface area (Å²) in [6, 6.07) is 18.5. The van der Waals surface area contributed by atoms with Crippen LogP contribution in [0.25, 0.3) is 39.4 Å².